The zero-order valence-electron chi connectivity index (χ0n) is 10.2. The Morgan fingerprint density at radius 2 is 1.88 bits per heavy atom. The van der Waals surface area contributed by atoms with Crippen molar-refractivity contribution >= 4 is 0 Å². The van der Waals surface area contributed by atoms with E-state index in [1.165, 1.54) is 0 Å². The van der Waals surface area contributed by atoms with Crippen LogP contribution in [0, 0.1) is 5.41 Å². The lowest BCUT2D eigenvalue weighted by molar-refractivity contribution is -0.0258. The average molecular weight is 219 g/mol. The Bertz CT molecular complexity index is 335. The van der Waals surface area contributed by atoms with Gasteiger partial charge in [0.1, 0.15) is 0 Å². The van der Waals surface area contributed by atoms with Gasteiger partial charge in [-0.15, -0.1) is 0 Å². The van der Waals surface area contributed by atoms with Crippen molar-refractivity contribution in [2.45, 2.75) is 51.6 Å². The Balaban J connectivity index is 2.00. The molecule has 1 saturated carbocycles. The zero-order valence-corrected chi connectivity index (χ0v) is 10.2. The number of pyridine rings is 1. The third-order valence-corrected chi connectivity index (χ3v) is 3.77. The topological polar surface area (TPSA) is 33.1 Å². The van der Waals surface area contributed by atoms with E-state index in [0.717, 1.165) is 31.4 Å². The van der Waals surface area contributed by atoms with Gasteiger partial charge in [-0.05, 0) is 43.2 Å². The van der Waals surface area contributed by atoms with Gasteiger partial charge < -0.3 is 5.11 Å². The summed E-state index contributed by atoms with van der Waals surface area (Å²) in [4.78, 5) is 4.29. The van der Waals surface area contributed by atoms with Crippen molar-refractivity contribution in [3.63, 3.8) is 0 Å². The number of rotatable bonds is 2. The lowest BCUT2D eigenvalue weighted by Gasteiger charge is -2.40. The molecule has 0 radical (unpaired) electrons. The highest BCUT2D eigenvalue weighted by molar-refractivity contribution is 5.08. The van der Waals surface area contributed by atoms with Crippen molar-refractivity contribution in [1.82, 2.24) is 4.98 Å². The molecule has 0 aliphatic heterocycles. The third-order valence-electron chi connectivity index (χ3n) is 3.77. The van der Waals surface area contributed by atoms with Crippen LogP contribution in [-0.2, 0) is 6.42 Å². The first-order valence-corrected chi connectivity index (χ1v) is 6.12. The fraction of sp³-hybridized carbons (Fsp3) is 0.643. The molecule has 1 fully saturated rings. The normalized spacial score (nSPS) is 22.9. The van der Waals surface area contributed by atoms with Crippen LogP contribution in [0.1, 0.15) is 45.2 Å². The molecule has 0 unspecified atom stereocenters. The summed E-state index contributed by atoms with van der Waals surface area (Å²) in [7, 11) is 0. The van der Waals surface area contributed by atoms with Crippen LogP contribution in [0.5, 0.6) is 0 Å². The summed E-state index contributed by atoms with van der Waals surface area (Å²) in [6.45, 7) is 4.57. The van der Waals surface area contributed by atoms with Crippen LogP contribution in [0.25, 0.3) is 0 Å². The standard InChI is InChI=1S/C14H21NO/c1-13(2)6-8-14(16,9-7-13)11-12-5-3-4-10-15-12/h3-5,10,16H,6-9,11H2,1-2H3. The second-order valence-corrected chi connectivity index (χ2v) is 5.89. The van der Waals surface area contributed by atoms with Gasteiger partial charge in [0.05, 0.1) is 5.60 Å². The van der Waals surface area contributed by atoms with E-state index in [2.05, 4.69) is 18.8 Å². The monoisotopic (exact) mass is 219 g/mol. The summed E-state index contributed by atoms with van der Waals surface area (Å²) in [5.41, 5.74) is 0.880. The summed E-state index contributed by atoms with van der Waals surface area (Å²) in [6.07, 6.45) is 6.51. The molecule has 0 saturated heterocycles. The smallest absolute Gasteiger partial charge is 0.0703 e. The van der Waals surface area contributed by atoms with Gasteiger partial charge in [0, 0.05) is 18.3 Å². The van der Waals surface area contributed by atoms with Gasteiger partial charge in [-0.1, -0.05) is 19.9 Å². The summed E-state index contributed by atoms with van der Waals surface area (Å²) in [5, 5.41) is 10.5. The van der Waals surface area contributed by atoms with E-state index >= 15 is 0 Å². The molecule has 1 aromatic heterocycles. The minimum absolute atomic E-state index is 0.399. The van der Waals surface area contributed by atoms with Gasteiger partial charge in [-0.25, -0.2) is 0 Å². The summed E-state index contributed by atoms with van der Waals surface area (Å²) in [5.74, 6) is 0. The second kappa shape index (κ2) is 4.17. The quantitative estimate of drug-likeness (QED) is 0.829. The summed E-state index contributed by atoms with van der Waals surface area (Å²) in [6, 6.07) is 5.90. The molecule has 1 aliphatic carbocycles. The highest BCUT2D eigenvalue weighted by Gasteiger charge is 2.36. The summed E-state index contributed by atoms with van der Waals surface area (Å²) < 4.78 is 0. The molecule has 0 amide bonds. The van der Waals surface area contributed by atoms with Crippen molar-refractivity contribution in [3.8, 4) is 0 Å². The Hall–Kier alpha value is -0.890. The van der Waals surface area contributed by atoms with E-state index in [-0.39, 0.29) is 0 Å². The molecule has 2 nitrogen and oxygen atoms in total. The largest absolute Gasteiger partial charge is 0.389 e. The minimum atomic E-state index is -0.524. The van der Waals surface area contributed by atoms with Gasteiger partial charge in [-0.3, -0.25) is 4.98 Å². The molecule has 88 valence electrons. The molecule has 1 heterocycles. The Morgan fingerprint density at radius 3 is 2.44 bits per heavy atom. The van der Waals surface area contributed by atoms with Crippen molar-refractivity contribution < 1.29 is 5.11 Å². The van der Waals surface area contributed by atoms with Crippen LogP contribution in [0.4, 0.5) is 0 Å². The second-order valence-electron chi connectivity index (χ2n) is 5.89. The van der Waals surface area contributed by atoms with Gasteiger partial charge >= 0.3 is 0 Å². The van der Waals surface area contributed by atoms with E-state index < -0.39 is 5.60 Å². The van der Waals surface area contributed by atoms with E-state index in [1.54, 1.807) is 6.20 Å². The van der Waals surface area contributed by atoms with Crippen molar-refractivity contribution in [3.05, 3.63) is 30.1 Å². The van der Waals surface area contributed by atoms with E-state index in [0.29, 0.717) is 11.8 Å². The predicted octanol–water partition coefficient (Wildman–Crippen LogP) is 2.96. The predicted molar refractivity (Wildman–Crippen MR) is 65.1 cm³/mol. The highest BCUT2D eigenvalue weighted by Crippen LogP contribution is 2.41. The average Bonchev–Trinajstić information content (AvgIpc) is 2.25. The third kappa shape index (κ3) is 2.82. The number of aromatic nitrogens is 1. The highest BCUT2D eigenvalue weighted by atomic mass is 16.3. The first kappa shape index (κ1) is 11.6. The zero-order chi connectivity index (χ0) is 11.6. The molecule has 2 rings (SSSR count). The van der Waals surface area contributed by atoms with Crippen molar-refractivity contribution in [2.24, 2.45) is 5.41 Å². The van der Waals surface area contributed by atoms with Crippen LogP contribution in [-0.4, -0.2) is 15.7 Å². The summed E-state index contributed by atoms with van der Waals surface area (Å²) >= 11 is 0. The van der Waals surface area contributed by atoms with Gasteiger partial charge in [0.15, 0.2) is 0 Å². The van der Waals surface area contributed by atoms with Gasteiger partial charge in [-0.2, -0.15) is 0 Å². The molecule has 0 aromatic carbocycles. The number of nitrogens with zero attached hydrogens (tertiary/aromatic N) is 1. The van der Waals surface area contributed by atoms with Crippen LogP contribution >= 0.6 is 0 Å². The molecule has 1 aromatic rings. The van der Waals surface area contributed by atoms with Crippen LogP contribution < -0.4 is 0 Å². The minimum Gasteiger partial charge on any atom is -0.389 e. The fourth-order valence-electron chi connectivity index (χ4n) is 2.41. The maximum absolute atomic E-state index is 10.5. The first-order chi connectivity index (χ1) is 7.49. The van der Waals surface area contributed by atoms with Crippen molar-refractivity contribution in [2.75, 3.05) is 0 Å². The van der Waals surface area contributed by atoms with Crippen LogP contribution in [0.15, 0.2) is 24.4 Å². The van der Waals surface area contributed by atoms with E-state index in [1.807, 2.05) is 18.2 Å². The maximum atomic E-state index is 10.5. The molecule has 1 aliphatic rings. The molecular weight excluding hydrogens is 198 g/mol. The first-order valence-electron chi connectivity index (χ1n) is 6.12. The molecule has 16 heavy (non-hydrogen) atoms. The SMILES string of the molecule is CC1(C)CCC(O)(Cc2ccccn2)CC1. The van der Waals surface area contributed by atoms with E-state index in [4.69, 9.17) is 0 Å². The van der Waals surface area contributed by atoms with Gasteiger partial charge in [0.2, 0.25) is 0 Å². The molecule has 1 N–H and O–H groups in total. The number of hydrogen-bond donors (Lipinski definition) is 1. The van der Waals surface area contributed by atoms with Crippen molar-refractivity contribution in [1.29, 1.82) is 0 Å². The Labute approximate surface area is 97.7 Å². The fourth-order valence-corrected chi connectivity index (χ4v) is 2.41. The van der Waals surface area contributed by atoms with E-state index in [9.17, 15) is 5.11 Å². The number of hydrogen-bond acceptors (Lipinski definition) is 2. The number of aliphatic hydroxyl groups is 1. The lowest BCUT2D eigenvalue weighted by Crippen LogP contribution is -2.38. The molecule has 0 spiro atoms. The Morgan fingerprint density at radius 1 is 1.19 bits per heavy atom. The van der Waals surface area contributed by atoms with Crippen LogP contribution in [0.3, 0.4) is 0 Å². The lowest BCUT2D eigenvalue weighted by atomic mass is 9.69. The molecule has 2 heteroatoms. The Kier molecular flexibility index (Phi) is 3.02. The van der Waals surface area contributed by atoms with Gasteiger partial charge in [0.25, 0.3) is 0 Å². The molecule has 0 atom stereocenters. The molecular formula is C14H21NO. The maximum Gasteiger partial charge on any atom is 0.0703 e. The molecule has 0 bridgehead atoms. The van der Waals surface area contributed by atoms with Crippen LogP contribution in [0.2, 0.25) is 0 Å².